The number of rotatable bonds is 2. The summed E-state index contributed by atoms with van der Waals surface area (Å²) in [7, 11) is 0. The topological polar surface area (TPSA) is 3.24 Å². The first kappa shape index (κ1) is 20.9. The van der Waals surface area contributed by atoms with Crippen molar-refractivity contribution in [2.24, 2.45) is 17.8 Å². The van der Waals surface area contributed by atoms with E-state index < -0.39 is 0 Å². The predicted octanol–water partition coefficient (Wildman–Crippen LogP) is 8.24. The van der Waals surface area contributed by atoms with Crippen LogP contribution in [0.2, 0.25) is 0 Å². The minimum atomic E-state index is 0.378. The van der Waals surface area contributed by atoms with Crippen LogP contribution in [0, 0.1) is 17.8 Å². The highest BCUT2D eigenvalue weighted by Gasteiger charge is 2.44. The summed E-state index contributed by atoms with van der Waals surface area (Å²) < 4.78 is 0. The van der Waals surface area contributed by atoms with Crippen molar-refractivity contribution in [1.82, 2.24) is 0 Å². The van der Waals surface area contributed by atoms with Crippen molar-refractivity contribution in [3.8, 4) is 0 Å². The summed E-state index contributed by atoms with van der Waals surface area (Å²) in [5.74, 6) is 2.29. The summed E-state index contributed by atoms with van der Waals surface area (Å²) in [5, 5.41) is 0.607. The van der Waals surface area contributed by atoms with Crippen molar-refractivity contribution >= 4 is 17.4 Å². The molecule has 0 saturated carbocycles. The Morgan fingerprint density at radius 3 is 2.71 bits per heavy atom. The SMILES string of the molecule is CC1C=CC2SC3=CCCC=C3CC2C1C1=CC2C(C=C1)c1ccccc1N2C1=CCCC=C1. The van der Waals surface area contributed by atoms with Crippen LogP contribution in [0.4, 0.5) is 5.69 Å². The van der Waals surface area contributed by atoms with Gasteiger partial charge in [0.1, 0.15) is 0 Å². The molecule has 6 atom stereocenters. The first-order valence-electron chi connectivity index (χ1n) is 13.2. The van der Waals surface area contributed by atoms with Gasteiger partial charge >= 0.3 is 0 Å². The van der Waals surface area contributed by atoms with Gasteiger partial charge in [-0.15, -0.1) is 11.8 Å². The van der Waals surface area contributed by atoms with Gasteiger partial charge in [-0.3, -0.25) is 0 Å². The summed E-state index contributed by atoms with van der Waals surface area (Å²) >= 11 is 2.13. The Bertz CT molecular complexity index is 1220. The maximum absolute atomic E-state index is 2.65. The Morgan fingerprint density at radius 1 is 0.912 bits per heavy atom. The maximum Gasteiger partial charge on any atom is 0.0632 e. The molecule has 2 heterocycles. The van der Waals surface area contributed by atoms with Gasteiger partial charge in [0, 0.05) is 27.5 Å². The third kappa shape index (κ3) is 3.29. The lowest BCUT2D eigenvalue weighted by Crippen LogP contribution is -2.38. The molecule has 1 saturated heterocycles. The molecule has 0 aromatic heterocycles. The highest BCUT2D eigenvalue weighted by molar-refractivity contribution is 8.04. The van der Waals surface area contributed by atoms with Crippen molar-refractivity contribution in [2.45, 2.75) is 56.2 Å². The monoisotopic (exact) mass is 463 g/mol. The molecule has 4 aliphatic carbocycles. The molecule has 6 aliphatic rings. The zero-order chi connectivity index (χ0) is 22.6. The van der Waals surface area contributed by atoms with E-state index in [9.17, 15) is 0 Å². The number of hydrogen-bond acceptors (Lipinski definition) is 2. The van der Waals surface area contributed by atoms with Gasteiger partial charge in [0.25, 0.3) is 0 Å². The van der Waals surface area contributed by atoms with Gasteiger partial charge in [0.15, 0.2) is 0 Å². The molecule has 1 fully saturated rings. The Labute approximate surface area is 208 Å². The fraction of sp³-hybridized carbons (Fsp3) is 0.375. The van der Waals surface area contributed by atoms with Gasteiger partial charge < -0.3 is 4.90 Å². The van der Waals surface area contributed by atoms with E-state index >= 15 is 0 Å². The Kier molecular flexibility index (Phi) is 5.12. The standard InChI is InChI=1S/C32H33NS/c1-21-15-18-31-27(19-22-9-5-8-14-30(22)34-31)32(21)23-16-17-26-25-12-6-7-13-28(25)33(29(26)20-23)24-10-3-2-4-11-24/h3,6-7,9-18,20-21,26-27,29,31-32H,2,4-5,8,19H2,1H3. The molecule has 0 bridgehead atoms. The molecule has 0 amide bonds. The number of allylic oxidation sites excluding steroid dienone is 9. The van der Waals surface area contributed by atoms with E-state index in [0.717, 1.165) is 12.8 Å². The third-order valence-electron chi connectivity index (χ3n) is 8.70. The summed E-state index contributed by atoms with van der Waals surface area (Å²) in [6.07, 6.45) is 30.8. The first-order chi connectivity index (χ1) is 16.8. The lowest BCUT2D eigenvalue weighted by Gasteiger charge is -2.44. The van der Waals surface area contributed by atoms with Gasteiger partial charge in [0.2, 0.25) is 0 Å². The normalized spacial score (nSPS) is 35.4. The summed E-state index contributed by atoms with van der Waals surface area (Å²) in [5.41, 5.74) is 7.43. The van der Waals surface area contributed by atoms with Crippen molar-refractivity contribution in [1.29, 1.82) is 0 Å². The van der Waals surface area contributed by atoms with Crippen LogP contribution in [0.1, 0.15) is 50.5 Å². The van der Waals surface area contributed by atoms with E-state index in [2.05, 4.69) is 109 Å². The van der Waals surface area contributed by atoms with Crippen molar-refractivity contribution in [3.63, 3.8) is 0 Å². The molecular weight excluding hydrogens is 430 g/mol. The highest BCUT2D eigenvalue weighted by atomic mass is 32.2. The molecule has 34 heavy (non-hydrogen) atoms. The molecule has 1 aromatic rings. The molecule has 0 radical (unpaired) electrons. The Balaban J connectivity index is 1.27. The van der Waals surface area contributed by atoms with Crippen LogP contribution in [-0.4, -0.2) is 11.3 Å². The number of hydrogen-bond donors (Lipinski definition) is 0. The number of para-hydroxylation sites is 1. The Hall–Kier alpha value is -2.45. The van der Waals surface area contributed by atoms with Crippen LogP contribution >= 0.6 is 11.8 Å². The summed E-state index contributed by atoms with van der Waals surface area (Å²) in [4.78, 5) is 4.19. The molecule has 2 aliphatic heterocycles. The zero-order valence-corrected chi connectivity index (χ0v) is 20.8. The second kappa shape index (κ2) is 8.34. The number of anilines is 1. The van der Waals surface area contributed by atoms with Gasteiger partial charge in [0.05, 0.1) is 6.04 Å². The van der Waals surface area contributed by atoms with Gasteiger partial charge in [-0.05, 0) is 78.7 Å². The fourth-order valence-corrected chi connectivity index (χ4v) is 8.58. The number of fused-ring (bicyclic) bond motifs is 5. The van der Waals surface area contributed by atoms with Crippen LogP contribution in [0.5, 0.6) is 0 Å². The average molecular weight is 464 g/mol. The molecular formula is C32H33NS. The summed E-state index contributed by atoms with van der Waals surface area (Å²) in [6.45, 7) is 2.44. The van der Waals surface area contributed by atoms with E-state index in [1.165, 1.54) is 36.2 Å². The van der Waals surface area contributed by atoms with Crippen LogP contribution in [0.25, 0.3) is 0 Å². The van der Waals surface area contributed by atoms with Gasteiger partial charge in [-0.2, -0.15) is 0 Å². The average Bonchev–Trinajstić information content (AvgIpc) is 3.21. The second-order valence-corrected chi connectivity index (χ2v) is 11.9. The molecule has 0 N–H and O–H groups in total. The van der Waals surface area contributed by atoms with Crippen molar-refractivity contribution < 1.29 is 0 Å². The lowest BCUT2D eigenvalue weighted by molar-refractivity contribution is 0.308. The maximum atomic E-state index is 2.65. The minimum absolute atomic E-state index is 0.378. The zero-order valence-electron chi connectivity index (χ0n) is 19.9. The van der Waals surface area contributed by atoms with Gasteiger partial charge in [-0.1, -0.05) is 79.8 Å². The van der Waals surface area contributed by atoms with E-state index in [1.54, 1.807) is 16.1 Å². The number of benzene rings is 1. The van der Waals surface area contributed by atoms with Crippen LogP contribution in [0.15, 0.2) is 107 Å². The van der Waals surface area contributed by atoms with E-state index in [-0.39, 0.29) is 0 Å². The van der Waals surface area contributed by atoms with Crippen molar-refractivity contribution in [3.05, 3.63) is 112 Å². The largest absolute Gasteiger partial charge is 0.334 e. The molecule has 0 spiro atoms. The van der Waals surface area contributed by atoms with E-state index in [4.69, 9.17) is 0 Å². The number of thioether (sulfide) groups is 1. The molecule has 2 heteroatoms. The van der Waals surface area contributed by atoms with E-state index in [0.29, 0.717) is 35.0 Å². The van der Waals surface area contributed by atoms with Crippen LogP contribution < -0.4 is 4.90 Å². The lowest BCUT2D eigenvalue weighted by atomic mass is 9.68. The molecule has 6 unspecified atom stereocenters. The highest BCUT2D eigenvalue weighted by Crippen LogP contribution is 2.54. The summed E-state index contributed by atoms with van der Waals surface area (Å²) in [6, 6.07) is 9.45. The second-order valence-electron chi connectivity index (χ2n) is 10.7. The third-order valence-corrected chi connectivity index (χ3v) is 10.2. The predicted molar refractivity (Wildman–Crippen MR) is 146 cm³/mol. The Morgan fingerprint density at radius 2 is 1.79 bits per heavy atom. The first-order valence-corrected chi connectivity index (χ1v) is 14.1. The molecule has 1 nitrogen and oxygen atoms in total. The fourth-order valence-electron chi connectivity index (χ4n) is 7.14. The van der Waals surface area contributed by atoms with Crippen molar-refractivity contribution in [2.75, 3.05) is 4.90 Å². The molecule has 1 aromatic carbocycles. The van der Waals surface area contributed by atoms with Crippen LogP contribution in [0.3, 0.4) is 0 Å². The molecule has 172 valence electrons. The molecule has 7 rings (SSSR count). The quantitative estimate of drug-likeness (QED) is 0.406. The van der Waals surface area contributed by atoms with Gasteiger partial charge in [-0.25, -0.2) is 0 Å². The van der Waals surface area contributed by atoms with Crippen LogP contribution in [-0.2, 0) is 0 Å². The van der Waals surface area contributed by atoms with E-state index in [1.807, 2.05) is 0 Å². The number of nitrogens with zero attached hydrogens (tertiary/aromatic N) is 1. The minimum Gasteiger partial charge on any atom is -0.334 e. The smallest absolute Gasteiger partial charge is 0.0632 e.